The third-order valence-electron chi connectivity index (χ3n) is 4.97. The molecule has 1 N–H and O–H groups in total. The zero-order chi connectivity index (χ0) is 20.8. The fourth-order valence-corrected chi connectivity index (χ4v) is 3.39. The Balaban J connectivity index is 1.74. The molecule has 1 atom stereocenters. The Morgan fingerprint density at radius 3 is 2.76 bits per heavy atom. The number of likely N-dealkylation sites (N-methyl/N-ethyl adjacent to an activating group) is 1. The van der Waals surface area contributed by atoms with Crippen molar-refractivity contribution >= 4 is 17.6 Å². The summed E-state index contributed by atoms with van der Waals surface area (Å²) in [7, 11) is 4.97. The van der Waals surface area contributed by atoms with Crippen LogP contribution in [0.5, 0.6) is 0 Å². The fraction of sp³-hybridized carbons (Fsp3) is 0.429. The van der Waals surface area contributed by atoms with E-state index in [4.69, 9.17) is 4.74 Å². The first-order valence-electron chi connectivity index (χ1n) is 9.60. The van der Waals surface area contributed by atoms with Crippen LogP contribution in [0, 0.1) is 0 Å². The predicted octanol–water partition coefficient (Wildman–Crippen LogP) is 1.64. The number of methoxy groups -OCH3 is 1. The number of rotatable bonds is 8. The smallest absolute Gasteiger partial charge is 0.248 e. The van der Waals surface area contributed by atoms with E-state index in [1.54, 1.807) is 14.1 Å². The highest BCUT2D eigenvalue weighted by Gasteiger charge is 2.32. The van der Waals surface area contributed by atoms with Crippen LogP contribution >= 0.6 is 0 Å². The normalized spacial score (nSPS) is 16.2. The summed E-state index contributed by atoms with van der Waals surface area (Å²) < 4.78 is 4.90. The van der Waals surface area contributed by atoms with Crippen LogP contribution in [0.25, 0.3) is 0 Å². The Hall–Kier alpha value is -3.00. The van der Waals surface area contributed by atoms with Crippen LogP contribution in [-0.4, -0.2) is 65.9 Å². The van der Waals surface area contributed by atoms with Gasteiger partial charge in [0, 0.05) is 52.7 Å². The van der Waals surface area contributed by atoms with Gasteiger partial charge in [-0.1, -0.05) is 30.3 Å². The van der Waals surface area contributed by atoms with Crippen molar-refractivity contribution in [1.82, 2.24) is 19.8 Å². The Morgan fingerprint density at radius 2 is 2.07 bits per heavy atom. The zero-order valence-corrected chi connectivity index (χ0v) is 17.1. The first-order valence-corrected chi connectivity index (χ1v) is 9.60. The molecule has 1 aliphatic heterocycles. The van der Waals surface area contributed by atoms with Crippen molar-refractivity contribution in [2.75, 3.05) is 39.7 Å². The van der Waals surface area contributed by atoms with Gasteiger partial charge in [0.1, 0.15) is 18.2 Å². The maximum Gasteiger partial charge on any atom is 0.248 e. The minimum atomic E-state index is -0.141. The summed E-state index contributed by atoms with van der Waals surface area (Å²) in [6, 6.07) is 11.8. The Labute approximate surface area is 170 Å². The van der Waals surface area contributed by atoms with Gasteiger partial charge in [-0.2, -0.15) is 0 Å². The molecule has 1 fully saturated rings. The number of benzene rings is 1. The van der Waals surface area contributed by atoms with Crippen molar-refractivity contribution in [3.05, 3.63) is 53.5 Å². The maximum absolute atomic E-state index is 12.5. The molecule has 3 rings (SSSR count). The third kappa shape index (κ3) is 5.29. The lowest BCUT2D eigenvalue weighted by Gasteiger charge is -2.19. The number of likely N-dealkylation sites (tertiary alicyclic amines) is 1. The molecule has 2 heterocycles. The van der Waals surface area contributed by atoms with E-state index in [9.17, 15) is 9.59 Å². The molecule has 8 heteroatoms. The first-order chi connectivity index (χ1) is 14.0. The quantitative estimate of drug-likeness (QED) is 0.729. The molecule has 0 aliphatic carbocycles. The van der Waals surface area contributed by atoms with Crippen LogP contribution in [-0.2, 0) is 27.4 Å². The molecular formula is C21H27N5O3. The molecule has 1 aromatic heterocycles. The molecular weight excluding hydrogens is 370 g/mol. The van der Waals surface area contributed by atoms with Crippen LogP contribution in [0.2, 0.25) is 0 Å². The molecule has 2 aromatic rings. The van der Waals surface area contributed by atoms with E-state index in [0.717, 1.165) is 11.3 Å². The van der Waals surface area contributed by atoms with Crippen LogP contribution < -0.4 is 5.32 Å². The molecule has 0 spiro atoms. The highest BCUT2D eigenvalue weighted by molar-refractivity contribution is 5.79. The number of nitrogens with one attached hydrogen (secondary N) is 1. The van der Waals surface area contributed by atoms with Gasteiger partial charge in [-0.25, -0.2) is 9.97 Å². The average molecular weight is 397 g/mol. The SMILES string of the molecule is CNc1cc([C@H]2CC(=O)N(Cc3ccccc3)C2)nc(CN(C)C(=O)COC)n1. The van der Waals surface area contributed by atoms with Gasteiger partial charge in [0.2, 0.25) is 11.8 Å². The summed E-state index contributed by atoms with van der Waals surface area (Å²) in [6.07, 6.45) is 0.422. The van der Waals surface area contributed by atoms with E-state index in [2.05, 4.69) is 15.3 Å². The summed E-state index contributed by atoms with van der Waals surface area (Å²) >= 11 is 0. The maximum atomic E-state index is 12.5. The molecule has 1 aromatic carbocycles. The van der Waals surface area contributed by atoms with Crippen LogP contribution in [0.4, 0.5) is 5.82 Å². The van der Waals surface area contributed by atoms with E-state index in [-0.39, 0.29) is 30.9 Å². The minimum Gasteiger partial charge on any atom is -0.375 e. The second-order valence-electron chi connectivity index (χ2n) is 7.19. The number of anilines is 1. The summed E-state index contributed by atoms with van der Waals surface area (Å²) in [4.78, 5) is 37.0. The number of ether oxygens (including phenoxy) is 1. The molecule has 8 nitrogen and oxygen atoms in total. The van der Waals surface area contributed by atoms with Gasteiger partial charge in [-0.05, 0) is 5.56 Å². The summed E-state index contributed by atoms with van der Waals surface area (Å²) in [6.45, 7) is 1.51. The molecule has 0 saturated carbocycles. The van der Waals surface area contributed by atoms with E-state index >= 15 is 0 Å². The molecule has 0 unspecified atom stereocenters. The predicted molar refractivity (Wildman–Crippen MR) is 109 cm³/mol. The monoisotopic (exact) mass is 397 g/mol. The third-order valence-corrected chi connectivity index (χ3v) is 4.97. The molecule has 0 radical (unpaired) electrons. The molecule has 0 bridgehead atoms. The minimum absolute atomic E-state index is 0.0000417. The van der Waals surface area contributed by atoms with Crippen molar-refractivity contribution in [3.8, 4) is 0 Å². The highest BCUT2D eigenvalue weighted by Crippen LogP contribution is 2.29. The van der Waals surface area contributed by atoms with Crippen LogP contribution in [0.15, 0.2) is 36.4 Å². The lowest BCUT2D eigenvalue weighted by molar-refractivity contribution is -0.134. The number of hydrogen-bond acceptors (Lipinski definition) is 6. The van der Waals surface area contributed by atoms with Gasteiger partial charge in [0.25, 0.3) is 0 Å². The Bertz CT molecular complexity index is 859. The van der Waals surface area contributed by atoms with Crippen LogP contribution in [0.1, 0.15) is 29.4 Å². The molecule has 1 aliphatic rings. The van der Waals surface area contributed by atoms with Gasteiger partial charge in [0.15, 0.2) is 0 Å². The number of nitrogens with zero attached hydrogens (tertiary/aromatic N) is 4. The van der Waals surface area contributed by atoms with Gasteiger partial charge in [-0.15, -0.1) is 0 Å². The van der Waals surface area contributed by atoms with Gasteiger partial charge >= 0.3 is 0 Å². The average Bonchev–Trinajstić information content (AvgIpc) is 3.09. The second-order valence-corrected chi connectivity index (χ2v) is 7.19. The van der Waals surface area contributed by atoms with Crippen LogP contribution in [0.3, 0.4) is 0 Å². The fourth-order valence-electron chi connectivity index (χ4n) is 3.39. The van der Waals surface area contributed by atoms with E-state index < -0.39 is 0 Å². The van der Waals surface area contributed by atoms with Crippen molar-refractivity contribution in [2.24, 2.45) is 0 Å². The number of aromatic nitrogens is 2. The summed E-state index contributed by atoms with van der Waals surface area (Å²) in [5.41, 5.74) is 1.93. The highest BCUT2D eigenvalue weighted by atomic mass is 16.5. The summed E-state index contributed by atoms with van der Waals surface area (Å²) in [5, 5.41) is 3.04. The van der Waals surface area contributed by atoms with Gasteiger partial charge < -0.3 is 19.9 Å². The Morgan fingerprint density at radius 1 is 1.31 bits per heavy atom. The molecule has 2 amide bonds. The summed E-state index contributed by atoms with van der Waals surface area (Å²) in [5.74, 6) is 1.19. The van der Waals surface area contributed by atoms with Crippen molar-refractivity contribution in [3.63, 3.8) is 0 Å². The topological polar surface area (TPSA) is 87.7 Å². The lowest BCUT2D eigenvalue weighted by atomic mass is 10.0. The van der Waals surface area contributed by atoms with Crippen molar-refractivity contribution in [2.45, 2.75) is 25.4 Å². The van der Waals surface area contributed by atoms with E-state index in [1.807, 2.05) is 41.3 Å². The molecule has 1 saturated heterocycles. The van der Waals surface area contributed by atoms with E-state index in [0.29, 0.717) is 31.2 Å². The van der Waals surface area contributed by atoms with Crippen molar-refractivity contribution < 1.29 is 14.3 Å². The lowest BCUT2D eigenvalue weighted by Crippen LogP contribution is -2.30. The zero-order valence-electron chi connectivity index (χ0n) is 17.1. The first kappa shape index (κ1) is 20.7. The number of amides is 2. The van der Waals surface area contributed by atoms with Crippen molar-refractivity contribution in [1.29, 1.82) is 0 Å². The molecule has 154 valence electrons. The Kier molecular flexibility index (Phi) is 6.77. The number of hydrogen-bond donors (Lipinski definition) is 1. The second kappa shape index (κ2) is 9.47. The standard InChI is InChI=1S/C21H27N5O3/c1-22-18-10-17(23-19(24-18)13-25(2)21(28)14-29-3)16-9-20(27)26(12-16)11-15-7-5-4-6-8-15/h4-8,10,16H,9,11-14H2,1-3H3,(H,22,23,24)/t16-/m0/s1. The molecule has 29 heavy (non-hydrogen) atoms. The number of carbonyl (C=O) groups is 2. The van der Waals surface area contributed by atoms with Gasteiger partial charge in [0.05, 0.1) is 12.2 Å². The number of carbonyl (C=O) groups excluding carboxylic acids is 2. The largest absolute Gasteiger partial charge is 0.375 e. The van der Waals surface area contributed by atoms with Gasteiger partial charge in [-0.3, -0.25) is 9.59 Å². The van der Waals surface area contributed by atoms with E-state index in [1.165, 1.54) is 12.0 Å².